The van der Waals surface area contributed by atoms with Crippen molar-refractivity contribution < 1.29 is 4.79 Å². The van der Waals surface area contributed by atoms with Crippen LogP contribution in [-0.4, -0.2) is 16.8 Å². The SMILES string of the molecule is Cc1cscc1CN1C(=O)C(C(C)C)NC1c1cccs1. The van der Waals surface area contributed by atoms with E-state index in [0.717, 1.165) is 0 Å². The molecule has 2 unspecified atom stereocenters. The van der Waals surface area contributed by atoms with Gasteiger partial charge >= 0.3 is 0 Å². The summed E-state index contributed by atoms with van der Waals surface area (Å²) in [4.78, 5) is 16.0. The van der Waals surface area contributed by atoms with Gasteiger partial charge in [0.15, 0.2) is 0 Å². The molecule has 1 amide bonds. The number of nitrogens with one attached hydrogen (secondary N) is 1. The molecule has 0 spiro atoms. The Labute approximate surface area is 133 Å². The van der Waals surface area contributed by atoms with E-state index in [0.29, 0.717) is 12.5 Å². The highest BCUT2D eigenvalue weighted by Crippen LogP contribution is 2.32. The lowest BCUT2D eigenvalue weighted by atomic mass is 10.0. The predicted molar refractivity (Wildman–Crippen MR) is 88.4 cm³/mol. The minimum Gasteiger partial charge on any atom is -0.316 e. The second-order valence-corrected chi connectivity index (χ2v) is 7.58. The van der Waals surface area contributed by atoms with E-state index in [1.807, 2.05) is 11.0 Å². The number of carbonyl (C=O) groups is 1. The first-order valence-corrected chi connectivity index (χ1v) is 9.01. The van der Waals surface area contributed by atoms with Crippen LogP contribution >= 0.6 is 22.7 Å². The number of nitrogens with zero attached hydrogens (tertiary/aromatic N) is 1. The summed E-state index contributed by atoms with van der Waals surface area (Å²) >= 11 is 3.40. The van der Waals surface area contributed by atoms with Crippen molar-refractivity contribution in [3.8, 4) is 0 Å². The molecular formula is C16H20N2OS2. The summed E-state index contributed by atoms with van der Waals surface area (Å²) in [5, 5.41) is 9.87. The molecule has 3 rings (SSSR count). The molecule has 2 aromatic heterocycles. The zero-order valence-corrected chi connectivity index (χ0v) is 14.1. The van der Waals surface area contributed by atoms with E-state index in [1.54, 1.807) is 22.7 Å². The number of hydrogen-bond acceptors (Lipinski definition) is 4. The van der Waals surface area contributed by atoms with E-state index in [-0.39, 0.29) is 18.1 Å². The minimum absolute atomic E-state index is 0.00389. The lowest BCUT2D eigenvalue weighted by Crippen LogP contribution is -2.34. The van der Waals surface area contributed by atoms with Crippen LogP contribution in [0.4, 0.5) is 0 Å². The summed E-state index contributed by atoms with van der Waals surface area (Å²) in [6.45, 7) is 6.99. The van der Waals surface area contributed by atoms with Crippen LogP contribution in [0.5, 0.6) is 0 Å². The molecule has 2 atom stereocenters. The van der Waals surface area contributed by atoms with Gasteiger partial charge in [-0.15, -0.1) is 11.3 Å². The van der Waals surface area contributed by atoms with Gasteiger partial charge in [0.25, 0.3) is 0 Å². The number of rotatable bonds is 4. The lowest BCUT2D eigenvalue weighted by Gasteiger charge is -2.23. The van der Waals surface area contributed by atoms with Gasteiger partial charge in [0.2, 0.25) is 5.91 Å². The van der Waals surface area contributed by atoms with Gasteiger partial charge in [-0.05, 0) is 46.2 Å². The third-order valence-corrected chi connectivity index (χ3v) is 5.81. The first kappa shape index (κ1) is 14.8. The van der Waals surface area contributed by atoms with E-state index in [9.17, 15) is 4.79 Å². The third kappa shape index (κ3) is 2.78. The van der Waals surface area contributed by atoms with E-state index in [1.165, 1.54) is 16.0 Å². The first-order chi connectivity index (χ1) is 10.1. The molecule has 0 saturated carbocycles. The molecule has 3 heterocycles. The van der Waals surface area contributed by atoms with Crippen molar-refractivity contribution in [1.82, 2.24) is 10.2 Å². The van der Waals surface area contributed by atoms with Crippen molar-refractivity contribution in [2.45, 2.75) is 39.5 Å². The van der Waals surface area contributed by atoms with Crippen molar-refractivity contribution in [2.75, 3.05) is 0 Å². The van der Waals surface area contributed by atoms with E-state index in [2.05, 4.69) is 48.3 Å². The summed E-state index contributed by atoms with van der Waals surface area (Å²) in [6, 6.07) is 4.06. The van der Waals surface area contributed by atoms with Gasteiger partial charge in [-0.1, -0.05) is 19.9 Å². The van der Waals surface area contributed by atoms with Crippen LogP contribution in [0.2, 0.25) is 0 Å². The van der Waals surface area contributed by atoms with Crippen LogP contribution in [0, 0.1) is 12.8 Å². The second kappa shape index (κ2) is 5.91. The molecule has 5 heteroatoms. The molecule has 0 aromatic carbocycles. The Morgan fingerprint density at radius 3 is 2.76 bits per heavy atom. The van der Waals surface area contributed by atoms with Crippen LogP contribution in [-0.2, 0) is 11.3 Å². The van der Waals surface area contributed by atoms with Gasteiger partial charge in [-0.3, -0.25) is 10.1 Å². The zero-order chi connectivity index (χ0) is 15.0. The molecule has 0 aliphatic carbocycles. The Morgan fingerprint density at radius 1 is 1.38 bits per heavy atom. The van der Waals surface area contributed by atoms with Crippen LogP contribution in [0.3, 0.4) is 0 Å². The fourth-order valence-corrected chi connectivity index (χ4v) is 4.34. The maximum absolute atomic E-state index is 12.8. The smallest absolute Gasteiger partial charge is 0.241 e. The summed E-state index contributed by atoms with van der Waals surface area (Å²) in [5.41, 5.74) is 2.52. The Kier molecular flexibility index (Phi) is 4.15. The summed E-state index contributed by atoms with van der Waals surface area (Å²) in [7, 11) is 0. The summed E-state index contributed by atoms with van der Waals surface area (Å²) < 4.78 is 0. The topological polar surface area (TPSA) is 32.3 Å². The summed E-state index contributed by atoms with van der Waals surface area (Å²) in [6.07, 6.45) is 0.00389. The zero-order valence-electron chi connectivity index (χ0n) is 12.5. The fourth-order valence-electron chi connectivity index (χ4n) is 2.70. The molecule has 1 saturated heterocycles. The first-order valence-electron chi connectivity index (χ1n) is 7.19. The van der Waals surface area contributed by atoms with Gasteiger partial charge in [0, 0.05) is 11.4 Å². The van der Waals surface area contributed by atoms with Crippen LogP contribution in [0.15, 0.2) is 28.3 Å². The van der Waals surface area contributed by atoms with E-state index >= 15 is 0 Å². The molecule has 0 radical (unpaired) electrons. The average molecular weight is 320 g/mol. The largest absolute Gasteiger partial charge is 0.316 e. The molecule has 1 N–H and O–H groups in total. The van der Waals surface area contributed by atoms with Gasteiger partial charge in [0.05, 0.1) is 6.04 Å². The molecule has 3 nitrogen and oxygen atoms in total. The van der Waals surface area contributed by atoms with Gasteiger partial charge < -0.3 is 4.90 Å². The standard InChI is InChI=1S/C16H20N2OS2/c1-10(2)14-16(19)18(7-12-9-20-8-11(12)3)15(17-14)13-5-4-6-21-13/h4-6,8-10,14-15,17H,7H2,1-3H3. The average Bonchev–Trinajstić information content (AvgIpc) is 3.13. The third-order valence-electron chi connectivity index (χ3n) is 3.98. The lowest BCUT2D eigenvalue weighted by molar-refractivity contribution is -0.131. The Bertz CT molecular complexity index is 618. The normalized spacial score (nSPS) is 22.5. The molecule has 1 fully saturated rings. The Hall–Kier alpha value is -1.17. The Balaban J connectivity index is 1.90. The summed E-state index contributed by atoms with van der Waals surface area (Å²) in [5.74, 6) is 0.516. The molecule has 112 valence electrons. The Morgan fingerprint density at radius 2 is 2.19 bits per heavy atom. The van der Waals surface area contributed by atoms with Crippen molar-refractivity contribution in [1.29, 1.82) is 0 Å². The highest BCUT2D eigenvalue weighted by atomic mass is 32.1. The van der Waals surface area contributed by atoms with Crippen LogP contribution in [0.25, 0.3) is 0 Å². The molecular weight excluding hydrogens is 300 g/mol. The molecule has 21 heavy (non-hydrogen) atoms. The van der Waals surface area contributed by atoms with E-state index < -0.39 is 0 Å². The van der Waals surface area contributed by atoms with E-state index in [4.69, 9.17) is 0 Å². The quantitative estimate of drug-likeness (QED) is 0.930. The van der Waals surface area contributed by atoms with Crippen molar-refractivity contribution in [2.24, 2.45) is 5.92 Å². The van der Waals surface area contributed by atoms with Crippen LogP contribution in [0.1, 0.15) is 36.0 Å². The number of hydrogen-bond donors (Lipinski definition) is 1. The number of carbonyl (C=O) groups excluding carboxylic acids is 1. The second-order valence-electron chi connectivity index (χ2n) is 5.85. The fraction of sp³-hybridized carbons (Fsp3) is 0.438. The monoisotopic (exact) mass is 320 g/mol. The van der Waals surface area contributed by atoms with Crippen molar-refractivity contribution in [3.63, 3.8) is 0 Å². The molecule has 0 bridgehead atoms. The highest BCUT2D eigenvalue weighted by molar-refractivity contribution is 7.10. The maximum atomic E-state index is 12.8. The van der Waals surface area contributed by atoms with Crippen molar-refractivity contribution >= 4 is 28.6 Å². The molecule has 1 aliphatic rings. The maximum Gasteiger partial charge on any atom is 0.241 e. The highest BCUT2D eigenvalue weighted by Gasteiger charge is 2.41. The molecule has 1 aliphatic heterocycles. The minimum atomic E-state index is -0.0870. The van der Waals surface area contributed by atoms with Gasteiger partial charge in [0.1, 0.15) is 6.17 Å². The van der Waals surface area contributed by atoms with Gasteiger partial charge in [-0.25, -0.2) is 0 Å². The van der Waals surface area contributed by atoms with Gasteiger partial charge in [-0.2, -0.15) is 11.3 Å². The predicted octanol–water partition coefficient (Wildman–Crippen LogP) is 3.77. The number of aryl methyl sites for hydroxylation is 1. The number of amides is 1. The molecule has 2 aromatic rings. The van der Waals surface area contributed by atoms with Crippen molar-refractivity contribution in [3.05, 3.63) is 44.3 Å². The number of thiophene rings is 2. The van der Waals surface area contributed by atoms with Crippen LogP contribution < -0.4 is 5.32 Å².